The number of carbonyl (C=O) groups is 4. The second-order valence-corrected chi connectivity index (χ2v) is 10.6. The van der Waals surface area contributed by atoms with Crippen LogP contribution < -0.4 is 5.32 Å². The molecule has 0 bridgehead atoms. The number of nitrogens with zero attached hydrogens (tertiary/aromatic N) is 1. The van der Waals surface area contributed by atoms with E-state index in [2.05, 4.69) is 12.2 Å². The first-order valence-electron chi connectivity index (χ1n) is 13.2. The number of fused-ring (bicyclic) bond motifs is 1. The molecule has 1 N–H and O–H groups in total. The van der Waals surface area contributed by atoms with Gasteiger partial charge in [-0.2, -0.15) is 0 Å². The number of carbonyl (C=O) groups excluding carboxylic acids is 4. The van der Waals surface area contributed by atoms with Crippen molar-refractivity contribution in [2.24, 2.45) is 0 Å². The van der Waals surface area contributed by atoms with E-state index >= 15 is 0 Å². The summed E-state index contributed by atoms with van der Waals surface area (Å²) in [5.74, 6) is -2.56. The van der Waals surface area contributed by atoms with Gasteiger partial charge in [-0.15, -0.1) is 0 Å². The number of aryl methyl sites for hydroxylation is 1. The average molecular weight is 531 g/mol. The van der Waals surface area contributed by atoms with E-state index in [9.17, 15) is 19.2 Å². The highest BCUT2D eigenvalue weighted by molar-refractivity contribution is 6.08. The number of nitrogens with one attached hydrogen (secondary N) is 1. The van der Waals surface area contributed by atoms with E-state index in [-0.39, 0.29) is 6.42 Å². The molecule has 0 saturated carbocycles. The van der Waals surface area contributed by atoms with Crippen molar-refractivity contribution in [2.75, 3.05) is 14.2 Å². The van der Waals surface area contributed by atoms with Gasteiger partial charge in [0.25, 0.3) is 0 Å². The van der Waals surface area contributed by atoms with Crippen LogP contribution in [-0.4, -0.2) is 53.9 Å². The van der Waals surface area contributed by atoms with E-state index in [0.29, 0.717) is 16.5 Å². The van der Waals surface area contributed by atoms with E-state index in [4.69, 9.17) is 14.2 Å². The van der Waals surface area contributed by atoms with E-state index in [1.807, 2.05) is 18.2 Å². The number of hydrogen-bond donors (Lipinski definition) is 1. The molecule has 0 saturated heterocycles. The van der Waals surface area contributed by atoms with Crippen molar-refractivity contribution in [1.29, 1.82) is 0 Å². The zero-order valence-electron chi connectivity index (χ0n) is 23.8. The smallest absolute Gasteiger partial charge is 0.419 e. The molecular formula is C29H42N2O7. The van der Waals surface area contributed by atoms with Gasteiger partial charge in [0.15, 0.2) is 0 Å². The lowest BCUT2D eigenvalue weighted by atomic mass is 9.90. The van der Waals surface area contributed by atoms with Gasteiger partial charge in [-0.1, -0.05) is 51.2 Å². The van der Waals surface area contributed by atoms with Crippen molar-refractivity contribution >= 4 is 34.8 Å². The fourth-order valence-electron chi connectivity index (χ4n) is 4.52. The van der Waals surface area contributed by atoms with Gasteiger partial charge < -0.3 is 19.5 Å². The fraction of sp³-hybridized carbons (Fsp3) is 0.586. The van der Waals surface area contributed by atoms with Crippen LogP contribution in [0.2, 0.25) is 0 Å². The number of hydrogen-bond acceptors (Lipinski definition) is 7. The predicted octanol–water partition coefficient (Wildman–Crippen LogP) is 5.09. The van der Waals surface area contributed by atoms with Crippen molar-refractivity contribution in [1.82, 2.24) is 9.88 Å². The molecule has 0 atom stereocenters. The predicted molar refractivity (Wildman–Crippen MR) is 145 cm³/mol. The van der Waals surface area contributed by atoms with Gasteiger partial charge in [0, 0.05) is 24.9 Å². The lowest BCUT2D eigenvalue weighted by Crippen LogP contribution is -2.62. The summed E-state index contributed by atoms with van der Waals surface area (Å²) in [6, 6.07) is 5.78. The topological polar surface area (TPSA) is 113 Å². The lowest BCUT2D eigenvalue weighted by Gasteiger charge is -2.28. The highest BCUT2D eigenvalue weighted by Crippen LogP contribution is 2.29. The van der Waals surface area contributed by atoms with Gasteiger partial charge >= 0.3 is 18.0 Å². The Labute approximate surface area is 225 Å². The van der Waals surface area contributed by atoms with Crippen molar-refractivity contribution in [3.8, 4) is 0 Å². The number of unbranched alkanes of at least 4 members (excludes halogenated alkanes) is 5. The van der Waals surface area contributed by atoms with E-state index in [1.54, 1.807) is 20.8 Å². The molecule has 1 aromatic heterocycles. The normalized spacial score (nSPS) is 11.8. The SMILES string of the molecule is CCCCCCCCc1ccc2c(CC(NC(C)=O)(C(=O)OC)C(=O)OC)cn(C(=O)OC(C)(C)C)c2c1. The molecule has 1 aromatic carbocycles. The second-order valence-electron chi connectivity index (χ2n) is 10.6. The van der Waals surface area contributed by atoms with Crippen LogP contribution in [0.15, 0.2) is 24.4 Å². The fourth-order valence-corrected chi connectivity index (χ4v) is 4.52. The standard InChI is InChI=1S/C29H42N2O7/c1-8-9-10-11-12-13-14-21-15-16-23-22(19-31(24(23)17-21)27(35)38-28(3,4)5)18-29(25(33)36-6,26(34)37-7)30-20(2)32/h15-17,19H,8-14,18H2,1-7H3,(H,30,32). The minimum atomic E-state index is -2.13. The number of rotatable bonds is 12. The van der Waals surface area contributed by atoms with E-state index in [0.717, 1.165) is 39.0 Å². The maximum atomic E-state index is 13.2. The molecule has 0 spiro atoms. The molecule has 0 radical (unpaired) electrons. The molecule has 0 aliphatic rings. The summed E-state index contributed by atoms with van der Waals surface area (Å²) >= 11 is 0. The zero-order chi connectivity index (χ0) is 28.5. The Morgan fingerprint density at radius 2 is 1.53 bits per heavy atom. The summed E-state index contributed by atoms with van der Waals surface area (Å²) < 4.78 is 16.8. The molecule has 9 nitrogen and oxygen atoms in total. The first kappa shape index (κ1) is 30.9. The third-order valence-electron chi connectivity index (χ3n) is 6.27. The van der Waals surface area contributed by atoms with Crippen molar-refractivity contribution in [3.63, 3.8) is 0 Å². The first-order valence-corrected chi connectivity index (χ1v) is 13.2. The Balaban J connectivity index is 2.55. The molecule has 38 heavy (non-hydrogen) atoms. The van der Waals surface area contributed by atoms with Crippen molar-refractivity contribution in [2.45, 2.75) is 97.1 Å². The minimum absolute atomic E-state index is 0.283. The Morgan fingerprint density at radius 3 is 2.08 bits per heavy atom. The van der Waals surface area contributed by atoms with Crippen LogP contribution in [0.1, 0.15) is 84.3 Å². The Bertz CT molecular complexity index is 1130. The Kier molecular flexibility index (Phi) is 10.9. The summed E-state index contributed by atoms with van der Waals surface area (Å²) in [6.45, 7) is 8.71. The van der Waals surface area contributed by atoms with Gasteiger partial charge in [-0.3, -0.25) is 9.36 Å². The molecule has 0 aliphatic carbocycles. The number of aromatic nitrogens is 1. The number of methoxy groups -OCH3 is 2. The number of esters is 2. The summed E-state index contributed by atoms with van der Waals surface area (Å²) in [5.41, 5.74) is -0.733. The van der Waals surface area contributed by atoms with Crippen molar-refractivity contribution < 1.29 is 33.4 Å². The van der Waals surface area contributed by atoms with Crippen LogP contribution >= 0.6 is 0 Å². The maximum Gasteiger partial charge on any atom is 0.419 e. The summed E-state index contributed by atoms with van der Waals surface area (Å²) in [4.78, 5) is 51.0. The molecule has 2 rings (SSSR count). The lowest BCUT2D eigenvalue weighted by molar-refractivity contribution is -0.165. The number of benzene rings is 1. The molecule has 0 aliphatic heterocycles. The molecular weight excluding hydrogens is 488 g/mol. The molecule has 0 fully saturated rings. The van der Waals surface area contributed by atoms with Crippen LogP contribution in [0.3, 0.4) is 0 Å². The molecule has 2 aromatic rings. The monoisotopic (exact) mass is 530 g/mol. The van der Waals surface area contributed by atoms with Gasteiger partial charge in [0.1, 0.15) is 5.60 Å². The molecule has 9 heteroatoms. The van der Waals surface area contributed by atoms with Crippen LogP contribution in [0.25, 0.3) is 10.9 Å². The number of ether oxygens (including phenoxy) is 3. The largest absolute Gasteiger partial charge is 0.467 e. The van der Waals surface area contributed by atoms with Crippen LogP contribution in [0.5, 0.6) is 0 Å². The van der Waals surface area contributed by atoms with Gasteiger partial charge in [0.2, 0.25) is 11.4 Å². The minimum Gasteiger partial charge on any atom is -0.467 e. The van der Waals surface area contributed by atoms with E-state index < -0.39 is 35.1 Å². The van der Waals surface area contributed by atoms with Crippen LogP contribution in [-0.2, 0) is 41.4 Å². The third-order valence-corrected chi connectivity index (χ3v) is 6.27. The molecule has 210 valence electrons. The molecule has 0 unspecified atom stereocenters. The summed E-state index contributed by atoms with van der Waals surface area (Å²) in [7, 11) is 2.25. The molecule has 1 amide bonds. The van der Waals surface area contributed by atoms with Gasteiger partial charge in [-0.05, 0) is 50.8 Å². The third kappa shape index (κ3) is 7.82. The summed E-state index contributed by atoms with van der Waals surface area (Å²) in [5, 5.41) is 3.08. The highest BCUT2D eigenvalue weighted by Gasteiger charge is 2.50. The Hall–Kier alpha value is -3.36. The summed E-state index contributed by atoms with van der Waals surface area (Å²) in [6.07, 6.45) is 8.57. The van der Waals surface area contributed by atoms with Gasteiger partial charge in [0.05, 0.1) is 19.7 Å². The quantitative estimate of drug-likeness (QED) is 0.176. The maximum absolute atomic E-state index is 13.2. The average Bonchev–Trinajstić information content (AvgIpc) is 3.20. The number of amides is 1. The molecule has 1 heterocycles. The van der Waals surface area contributed by atoms with Crippen LogP contribution in [0.4, 0.5) is 4.79 Å². The van der Waals surface area contributed by atoms with E-state index in [1.165, 1.54) is 43.4 Å². The van der Waals surface area contributed by atoms with Crippen LogP contribution in [0, 0.1) is 0 Å². The van der Waals surface area contributed by atoms with Gasteiger partial charge in [-0.25, -0.2) is 14.4 Å². The van der Waals surface area contributed by atoms with Crippen molar-refractivity contribution in [3.05, 3.63) is 35.5 Å². The first-order chi connectivity index (χ1) is 17.9. The Morgan fingerprint density at radius 1 is 0.921 bits per heavy atom. The highest BCUT2D eigenvalue weighted by atomic mass is 16.6. The second kappa shape index (κ2) is 13.4. The zero-order valence-corrected chi connectivity index (χ0v) is 23.8.